The van der Waals surface area contributed by atoms with Crippen LogP contribution in [-0.2, 0) is 31.5 Å². The average Bonchev–Trinajstić information content (AvgIpc) is 0.722. The molecule has 0 aliphatic heterocycles. The van der Waals surface area contributed by atoms with Gasteiger partial charge >= 0.3 is 97.8 Å². The number of hydrogen-bond acceptors (Lipinski definition) is 2. The van der Waals surface area contributed by atoms with Gasteiger partial charge in [-0.05, 0) is 11.7 Å². The molecular formula is H5AuNa3O3S2. The van der Waals surface area contributed by atoms with Crippen molar-refractivity contribution in [2.24, 2.45) is 0 Å². The third-order valence-electron chi connectivity index (χ3n) is 0. The molecule has 0 saturated carbocycles. The summed E-state index contributed by atoms with van der Waals surface area (Å²) in [5, 5.41) is 0. The van der Waals surface area contributed by atoms with Crippen LogP contribution in [0.25, 0.3) is 0 Å². The predicted molar refractivity (Wildman–Crippen MR) is 42.0 cm³/mol. The molecular weight excluding hydrogens is 378 g/mol. The Bertz CT molecular complexity index is 100. The maximum absolute atomic E-state index is 9.05. The minimum absolute atomic E-state index is 0. The van der Waals surface area contributed by atoms with Gasteiger partial charge in [0.1, 0.15) is 0 Å². The molecule has 0 rings (SSSR count). The fourth-order valence-corrected chi connectivity index (χ4v) is 0. The van der Waals surface area contributed by atoms with Crippen LogP contribution in [0.2, 0.25) is 0 Å². The van der Waals surface area contributed by atoms with E-state index in [4.69, 9.17) is 13.0 Å². The SMILES string of the molecule is O=S(=O)(O)S.[Au].[NaH].[NaH].[NaH]. The summed E-state index contributed by atoms with van der Waals surface area (Å²) in [5.74, 6) is 0. The molecule has 1 radical (unpaired) electrons. The molecule has 0 aromatic heterocycles. The first kappa shape index (κ1) is 29.2. The molecule has 49 valence electrons. The molecule has 0 saturated heterocycles. The van der Waals surface area contributed by atoms with Gasteiger partial charge in [0.2, 0.25) is 0 Å². The minimum atomic E-state index is -3.97. The van der Waals surface area contributed by atoms with E-state index in [0.717, 1.165) is 0 Å². The Morgan fingerprint density at radius 2 is 1.11 bits per heavy atom. The molecule has 9 heteroatoms. The average molecular weight is 383 g/mol. The van der Waals surface area contributed by atoms with Gasteiger partial charge in [-0.1, -0.05) is 0 Å². The van der Waals surface area contributed by atoms with Crippen molar-refractivity contribution in [2.75, 3.05) is 0 Å². The van der Waals surface area contributed by atoms with Crippen LogP contribution in [-0.4, -0.2) is 102 Å². The molecule has 0 atom stereocenters. The standard InChI is InChI=1S/Au.3Na.H2O3S2.3H/c;;;;1-5(2,3)4;;;/h;;;;(H2,1,2,3,4);;;. The molecule has 0 aromatic rings. The molecule has 9 heavy (non-hydrogen) atoms. The molecule has 0 spiro atoms. The van der Waals surface area contributed by atoms with E-state index in [1.165, 1.54) is 0 Å². The number of thiol groups is 1. The number of rotatable bonds is 0. The summed E-state index contributed by atoms with van der Waals surface area (Å²) in [5.41, 5.74) is 0. The van der Waals surface area contributed by atoms with Gasteiger partial charge in [-0.25, -0.2) is 0 Å². The summed E-state index contributed by atoms with van der Waals surface area (Å²) in [6.07, 6.45) is 0. The maximum atomic E-state index is 9.05. The van der Waals surface area contributed by atoms with Crippen molar-refractivity contribution in [3.63, 3.8) is 0 Å². The van der Waals surface area contributed by atoms with Gasteiger partial charge in [0.15, 0.2) is 0 Å². The quantitative estimate of drug-likeness (QED) is 0.216. The first-order valence-electron chi connectivity index (χ1n) is 0.698. The molecule has 0 unspecified atom stereocenters. The van der Waals surface area contributed by atoms with Crippen molar-refractivity contribution >= 4 is 109 Å². The van der Waals surface area contributed by atoms with Crippen LogP contribution >= 0.6 is 11.7 Å². The Hall–Kier alpha value is 4.00. The molecule has 0 fully saturated rings. The summed E-state index contributed by atoms with van der Waals surface area (Å²) in [7, 11) is -3.97. The van der Waals surface area contributed by atoms with Crippen molar-refractivity contribution in [3.8, 4) is 0 Å². The topological polar surface area (TPSA) is 54.4 Å². The van der Waals surface area contributed by atoms with Crippen LogP contribution in [0, 0.1) is 0 Å². The molecule has 1 N–H and O–H groups in total. The molecule has 0 bridgehead atoms. The van der Waals surface area contributed by atoms with Crippen molar-refractivity contribution < 1.29 is 35.4 Å². The summed E-state index contributed by atoms with van der Waals surface area (Å²) in [6, 6.07) is 0. The van der Waals surface area contributed by atoms with Crippen LogP contribution in [0.4, 0.5) is 0 Å². The van der Waals surface area contributed by atoms with Crippen LogP contribution in [0.1, 0.15) is 0 Å². The Morgan fingerprint density at radius 1 is 1.11 bits per heavy atom. The molecule has 0 heterocycles. The number of hydrogen-bond donors (Lipinski definition) is 2. The van der Waals surface area contributed by atoms with Gasteiger partial charge in [-0.15, -0.1) is 0 Å². The van der Waals surface area contributed by atoms with Crippen molar-refractivity contribution in [1.29, 1.82) is 0 Å². The zero-order valence-corrected chi connectivity index (χ0v) is 6.30. The van der Waals surface area contributed by atoms with Crippen LogP contribution in [0.15, 0.2) is 0 Å². The monoisotopic (exact) mass is 383 g/mol. The van der Waals surface area contributed by atoms with Gasteiger partial charge in [0.25, 0.3) is 0 Å². The van der Waals surface area contributed by atoms with Gasteiger partial charge in [0, 0.05) is 22.4 Å². The normalized spacial score (nSPS) is 6.44. The molecule has 0 aromatic carbocycles. The molecule has 0 amide bonds. The second-order valence-electron chi connectivity index (χ2n) is 0.448. The van der Waals surface area contributed by atoms with E-state index >= 15 is 0 Å². The van der Waals surface area contributed by atoms with E-state index in [-0.39, 0.29) is 111 Å². The third kappa shape index (κ3) is 75.0. The first-order valence-corrected chi connectivity index (χ1v) is 3.19. The molecule has 0 aliphatic carbocycles. The van der Waals surface area contributed by atoms with Gasteiger partial charge in [0.05, 0.1) is 0 Å². The van der Waals surface area contributed by atoms with Crippen LogP contribution in [0.5, 0.6) is 0 Å². The van der Waals surface area contributed by atoms with E-state index in [0.29, 0.717) is 0 Å². The van der Waals surface area contributed by atoms with Crippen molar-refractivity contribution in [3.05, 3.63) is 0 Å². The zero-order chi connectivity index (χ0) is 4.50. The van der Waals surface area contributed by atoms with E-state index < -0.39 is 9.15 Å². The Morgan fingerprint density at radius 3 is 1.11 bits per heavy atom. The zero-order valence-electron chi connectivity index (χ0n) is 2.42. The Balaban J connectivity index is -0.0000000133. The first-order chi connectivity index (χ1) is 2.00. The van der Waals surface area contributed by atoms with Gasteiger partial charge in [-0.2, -0.15) is 8.42 Å². The second-order valence-corrected chi connectivity index (χ2v) is 2.73. The fourth-order valence-electron chi connectivity index (χ4n) is 0. The van der Waals surface area contributed by atoms with E-state index in [2.05, 4.69) is 11.7 Å². The van der Waals surface area contributed by atoms with Crippen molar-refractivity contribution in [1.82, 2.24) is 0 Å². The van der Waals surface area contributed by atoms with Gasteiger partial charge in [-0.3, -0.25) is 4.55 Å². The summed E-state index contributed by atoms with van der Waals surface area (Å²) >= 11 is 2.65. The van der Waals surface area contributed by atoms with E-state index in [1.807, 2.05) is 0 Å². The van der Waals surface area contributed by atoms with Crippen LogP contribution < -0.4 is 0 Å². The predicted octanol–water partition coefficient (Wildman–Crippen LogP) is -2.23. The van der Waals surface area contributed by atoms with E-state index in [9.17, 15) is 0 Å². The van der Waals surface area contributed by atoms with Gasteiger partial charge < -0.3 is 0 Å². The van der Waals surface area contributed by atoms with Crippen molar-refractivity contribution in [2.45, 2.75) is 0 Å². The Labute approximate surface area is 141 Å². The third-order valence-corrected chi connectivity index (χ3v) is 0. The summed E-state index contributed by atoms with van der Waals surface area (Å²) in [6.45, 7) is 0. The Kier molecular flexibility index (Phi) is 47.2. The molecule has 3 nitrogen and oxygen atoms in total. The summed E-state index contributed by atoms with van der Waals surface area (Å²) in [4.78, 5) is 0. The second kappa shape index (κ2) is 14.5. The van der Waals surface area contributed by atoms with E-state index in [1.54, 1.807) is 0 Å². The van der Waals surface area contributed by atoms with Crippen LogP contribution in [0.3, 0.4) is 0 Å². The fraction of sp³-hybridized carbons (Fsp3) is 0. The molecule has 0 aliphatic rings. The summed E-state index contributed by atoms with van der Waals surface area (Å²) < 4.78 is 25.5.